The smallest absolute Gasteiger partial charge is 0.326 e. The van der Waals surface area contributed by atoms with Gasteiger partial charge in [0.1, 0.15) is 11.7 Å². The molecule has 0 aromatic heterocycles. The predicted octanol–water partition coefficient (Wildman–Crippen LogP) is 1.50. The van der Waals surface area contributed by atoms with Gasteiger partial charge in [0.2, 0.25) is 0 Å². The number of anilines is 1. The van der Waals surface area contributed by atoms with Crippen LogP contribution in [0.2, 0.25) is 0 Å². The summed E-state index contributed by atoms with van der Waals surface area (Å²) in [5.74, 6) is -1.46. The van der Waals surface area contributed by atoms with Crippen LogP contribution in [0.15, 0.2) is 18.2 Å². The lowest BCUT2D eigenvalue weighted by molar-refractivity contribution is -0.383. The number of carbonyl (C=O) groups excluding carboxylic acids is 1. The van der Waals surface area contributed by atoms with E-state index in [9.17, 15) is 24.8 Å². The fraction of sp³-hybridized carbons (Fsp3) is 0.429. The summed E-state index contributed by atoms with van der Waals surface area (Å²) >= 11 is 0. The lowest BCUT2D eigenvalue weighted by atomic mass is 9.91. The minimum Gasteiger partial charge on any atom is -0.480 e. The van der Waals surface area contributed by atoms with Gasteiger partial charge in [-0.25, -0.2) is 4.79 Å². The summed E-state index contributed by atoms with van der Waals surface area (Å²) < 4.78 is 0. The summed E-state index contributed by atoms with van der Waals surface area (Å²) in [4.78, 5) is 35.4. The van der Waals surface area contributed by atoms with E-state index in [1.165, 1.54) is 23.1 Å². The zero-order valence-electron chi connectivity index (χ0n) is 12.1. The largest absolute Gasteiger partial charge is 0.480 e. The number of carboxylic acid groups (broad SMARTS) is 1. The maximum atomic E-state index is 12.6. The molecule has 2 unspecified atom stereocenters. The van der Waals surface area contributed by atoms with Crippen LogP contribution in [0.1, 0.15) is 30.1 Å². The summed E-state index contributed by atoms with van der Waals surface area (Å²) in [6.45, 7) is 2.22. The first-order chi connectivity index (χ1) is 10.3. The fourth-order valence-electron chi connectivity index (χ4n) is 2.67. The number of nitrogens with zero attached hydrogens (tertiary/aromatic N) is 2. The van der Waals surface area contributed by atoms with Gasteiger partial charge in [-0.1, -0.05) is 13.0 Å². The molecular formula is C14H17N3O5. The van der Waals surface area contributed by atoms with Crippen LogP contribution in [0.25, 0.3) is 0 Å². The van der Waals surface area contributed by atoms with E-state index in [2.05, 4.69) is 0 Å². The number of piperidine rings is 1. The zero-order valence-corrected chi connectivity index (χ0v) is 12.1. The van der Waals surface area contributed by atoms with Gasteiger partial charge in [-0.2, -0.15) is 0 Å². The highest BCUT2D eigenvalue weighted by atomic mass is 16.6. The Morgan fingerprint density at radius 1 is 1.45 bits per heavy atom. The number of nitrogen functional groups attached to an aromatic ring is 1. The molecule has 1 aromatic carbocycles. The SMILES string of the molecule is CC1CCN(C(=O)c2cccc([N+](=O)[O-])c2N)C(C(=O)O)C1. The van der Waals surface area contributed by atoms with Crippen molar-refractivity contribution in [2.45, 2.75) is 25.8 Å². The quantitative estimate of drug-likeness (QED) is 0.495. The number of amides is 1. The van der Waals surface area contributed by atoms with Crippen molar-refractivity contribution >= 4 is 23.3 Å². The average molecular weight is 307 g/mol. The molecule has 8 heteroatoms. The number of rotatable bonds is 3. The van der Waals surface area contributed by atoms with Gasteiger partial charge in [0.15, 0.2) is 0 Å². The number of para-hydroxylation sites is 1. The first kappa shape index (κ1) is 15.7. The molecule has 1 aromatic rings. The van der Waals surface area contributed by atoms with Crippen LogP contribution in [0.3, 0.4) is 0 Å². The predicted molar refractivity (Wildman–Crippen MR) is 78.4 cm³/mol. The van der Waals surface area contributed by atoms with Gasteiger partial charge in [-0.15, -0.1) is 0 Å². The molecule has 118 valence electrons. The molecule has 0 saturated carbocycles. The summed E-state index contributed by atoms with van der Waals surface area (Å²) in [6.07, 6.45) is 1.04. The Kier molecular flexibility index (Phi) is 4.30. The Morgan fingerprint density at radius 2 is 2.14 bits per heavy atom. The Balaban J connectivity index is 2.37. The van der Waals surface area contributed by atoms with Crippen LogP contribution in [0.5, 0.6) is 0 Å². The van der Waals surface area contributed by atoms with Crippen molar-refractivity contribution < 1.29 is 19.6 Å². The van der Waals surface area contributed by atoms with Crippen LogP contribution < -0.4 is 5.73 Å². The second-order valence-electron chi connectivity index (χ2n) is 5.48. The molecule has 1 amide bonds. The number of carboxylic acids is 1. The lowest BCUT2D eigenvalue weighted by Gasteiger charge is -2.36. The Labute approximate surface area is 126 Å². The van der Waals surface area contributed by atoms with Gasteiger partial charge >= 0.3 is 5.97 Å². The molecule has 0 aliphatic carbocycles. The number of aliphatic carboxylic acids is 1. The van der Waals surface area contributed by atoms with E-state index in [-0.39, 0.29) is 22.9 Å². The first-order valence-corrected chi connectivity index (χ1v) is 6.89. The van der Waals surface area contributed by atoms with Crippen molar-refractivity contribution in [3.05, 3.63) is 33.9 Å². The number of hydrogen-bond donors (Lipinski definition) is 2. The van der Waals surface area contributed by atoms with Crippen molar-refractivity contribution in [1.82, 2.24) is 4.90 Å². The number of nitrogens with two attached hydrogens (primary N) is 1. The highest BCUT2D eigenvalue weighted by Crippen LogP contribution is 2.29. The van der Waals surface area contributed by atoms with Crippen molar-refractivity contribution in [2.75, 3.05) is 12.3 Å². The average Bonchev–Trinajstić information content (AvgIpc) is 2.46. The first-order valence-electron chi connectivity index (χ1n) is 6.89. The number of hydrogen-bond acceptors (Lipinski definition) is 5. The maximum absolute atomic E-state index is 12.6. The third-order valence-electron chi connectivity index (χ3n) is 3.92. The standard InChI is InChI=1S/C14H17N3O5/c1-8-5-6-16(11(7-8)14(19)20)13(18)9-3-2-4-10(12(9)15)17(21)22/h2-4,8,11H,5-7,15H2,1H3,(H,19,20). The fourth-order valence-corrected chi connectivity index (χ4v) is 2.67. The molecule has 8 nitrogen and oxygen atoms in total. The Hall–Kier alpha value is -2.64. The topological polar surface area (TPSA) is 127 Å². The molecule has 1 aliphatic heterocycles. The van der Waals surface area contributed by atoms with Gasteiger partial charge in [0.25, 0.3) is 11.6 Å². The van der Waals surface area contributed by atoms with E-state index >= 15 is 0 Å². The third-order valence-corrected chi connectivity index (χ3v) is 3.92. The van der Waals surface area contributed by atoms with E-state index in [0.29, 0.717) is 19.4 Å². The third kappa shape index (κ3) is 2.85. The highest BCUT2D eigenvalue weighted by Gasteiger charge is 2.36. The molecule has 1 aliphatic rings. The van der Waals surface area contributed by atoms with E-state index < -0.39 is 22.8 Å². The molecule has 3 N–H and O–H groups in total. The van der Waals surface area contributed by atoms with Gasteiger partial charge < -0.3 is 15.7 Å². The summed E-state index contributed by atoms with van der Waals surface area (Å²) in [7, 11) is 0. The Bertz CT molecular complexity index is 631. The Morgan fingerprint density at radius 3 is 2.73 bits per heavy atom. The van der Waals surface area contributed by atoms with Crippen LogP contribution >= 0.6 is 0 Å². The molecule has 2 rings (SSSR count). The second-order valence-corrected chi connectivity index (χ2v) is 5.48. The van der Waals surface area contributed by atoms with Crippen LogP contribution in [0, 0.1) is 16.0 Å². The molecule has 22 heavy (non-hydrogen) atoms. The number of carbonyl (C=O) groups is 2. The van der Waals surface area contributed by atoms with Crippen LogP contribution in [-0.4, -0.2) is 39.4 Å². The summed E-state index contributed by atoms with van der Waals surface area (Å²) in [5, 5.41) is 20.2. The van der Waals surface area contributed by atoms with Crippen molar-refractivity contribution in [2.24, 2.45) is 5.92 Å². The van der Waals surface area contributed by atoms with Crippen LogP contribution in [-0.2, 0) is 4.79 Å². The molecule has 0 bridgehead atoms. The number of benzene rings is 1. The maximum Gasteiger partial charge on any atom is 0.326 e. The normalized spacial score (nSPS) is 21.4. The monoisotopic (exact) mass is 307 g/mol. The van der Waals surface area contributed by atoms with Gasteiger partial charge in [-0.3, -0.25) is 14.9 Å². The number of likely N-dealkylation sites (tertiary alicyclic amines) is 1. The molecule has 1 saturated heterocycles. The van der Waals surface area contributed by atoms with E-state index in [1.807, 2.05) is 6.92 Å². The van der Waals surface area contributed by atoms with Gasteiger partial charge in [0, 0.05) is 12.6 Å². The minimum atomic E-state index is -1.08. The van der Waals surface area contributed by atoms with E-state index in [1.54, 1.807) is 0 Å². The molecule has 2 atom stereocenters. The minimum absolute atomic E-state index is 0.0324. The molecule has 0 spiro atoms. The second kappa shape index (κ2) is 6.00. The molecule has 0 radical (unpaired) electrons. The molecular weight excluding hydrogens is 290 g/mol. The molecule has 1 heterocycles. The number of nitro groups is 1. The van der Waals surface area contributed by atoms with E-state index in [4.69, 9.17) is 5.73 Å². The van der Waals surface area contributed by atoms with Gasteiger partial charge in [-0.05, 0) is 24.8 Å². The van der Waals surface area contributed by atoms with Gasteiger partial charge in [0.05, 0.1) is 10.5 Å². The van der Waals surface area contributed by atoms with Crippen LogP contribution in [0.4, 0.5) is 11.4 Å². The van der Waals surface area contributed by atoms with Crippen molar-refractivity contribution in [3.63, 3.8) is 0 Å². The highest BCUT2D eigenvalue weighted by molar-refractivity contribution is 6.02. The summed E-state index contributed by atoms with van der Waals surface area (Å²) in [5.41, 5.74) is 5.08. The molecule has 1 fully saturated rings. The zero-order chi connectivity index (χ0) is 16.4. The van der Waals surface area contributed by atoms with E-state index in [0.717, 1.165) is 0 Å². The lowest BCUT2D eigenvalue weighted by Crippen LogP contribution is -2.49. The number of nitro benzene ring substituents is 1. The summed E-state index contributed by atoms with van der Waals surface area (Å²) in [6, 6.07) is 3.01. The van der Waals surface area contributed by atoms with Crippen molar-refractivity contribution in [1.29, 1.82) is 0 Å². The van der Waals surface area contributed by atoms with Crippen molar-refractivity contribution in [3.8, 4) is 0 Å².